The van der Waals surface area contributed by atoms with E-state index in [1.807, 2.05) is 0 Å². The first kappa shape index (κ1) is 23.0. The summed E-state index contributed by atoms with van der Waals surface area (Å²) in [5.41, 5.74) is 7.47. The van der Waals surface area contributed by atoms with E-state index in [-0.39, 0.29) is 0 Å². The van der Waals surface area contributed by atoms with Crippen molar-refractivity contribution in [1.82, 2.24) is 0 Å². The number of rotatable bonds is 4. The van der Waals surface area contributed by atoms with E-state index in [1.54, 1.807) is 0 Å². The van der Waals surface area contributed by atoms with Gasteiger partial charge in [-0.3, -0.25) is 0 Å². The molecule has 0 atom stereocenters. The van der Waals surface area contributed by atoms with E-state index < -0.39 is 0 Å². The number of hydrogen-bond donors (Lipinski definition) is 0. The third-order valence-electron chi connectivity index (χ3n) is 6.82. The minimum absolute atomic E-state index is 0.552. The Balaban J connectivity index is 1.26. The van der Waals surface area contributed by atoms with Gasteiger partial charge < -0.3 is 0 Å². The summed E-state index contributed by atoms with van der Waals surface area (Å²) in [6.07, 6.45) is 8.34. The Bertz CT molecular complexity index is 1130. The molecule has 0 bridgehead atoms. The van der Waals surface area contributed by atoms with E-state index >= 15 is 0 Å². The van der Waals surface area contributed by atoms with Gasteiger partial charge in [0, 0.05) is 22.6 Å². The number of benzene rings is 3. The van der Waals surface area contributed by atoms with Crippen molar-refractivity contribution in [2.24, 2.45) is 11.8 Å². The smallest absolute Gasteiger partial charge is 0.0249 e. The molecule has 0 spiro atoms. The van der Waals surface area contributed by atoms with Crippen LogP contribution >= 0.6 is 0 Å². The maximum Gasteiger partial charge on any atom is 0.0249 e. The van der Waals surface area contributed by atoms with Crippen LogP contribution in [0.4, 0.5) is 0 Å². The van der Waals surface area contributed by atoms with E-state index in [0.29, 0.717) is 5.92 Å². The van der Waals surface area contributed by atoms with Gasteiger partial charge in [-0.15, -0.1) is 0 Å². The molecular weight excluding hydrogens is 396 g/mol. The van der Waals surface area contributed by atoms with Crippen LogP contribution in [0.1, 0.15) is 72.9 Å². The predicted octanol–water partition coefficient (Wildman–Crippen LogP) is 7.61. The summed E-state index contributed by atoms with van der Waals surface area (Å²) in [5, 5.41) is 0. The van der Waals surface area contributed by atoms with Gasteiger partial charge in [0.15, 0.2) is 0 Å². The predicted molar refractivity (Wildman–Crippen MR) is 140 cm³/mol. The van der Waals surface area contributed by atoms with E-state index in [1.165, 1.54) is 48.8 Å². The molecule has 0 aromatic heterocycles. The number of hydrogen-bond acceptors (Lipinski definition) is 0. The lowest BCUT2D eigenvalue weighted by Gasteiger charge is -2.25. The fourth-order valence-electron chi connectivity index (χ4n) is 4.55. The largest absolute Gasteiger partial charge is 0.0945 e. The Labute approximate surface area is 200 Å². The van der Waals surface area contributed by atoms with Gasteiger partial charge in [0.2, 0.25) is 0 Å². The van der Waals surface area contributed by atoms with E-state index in [0.717, 1.165) is 35.4 Å². The third kappa shape index (κ3) is 6.88. The molecule has 0 unspecified atom stereocenters. The molecule has 0 amide bonds. The maximum absolute atomic E-state index is 3.54. The van der Waals surface area contributed by atoms with Crippen LogP contribution < -0.4 is 0 Å². The summed E-state index contributed by atoms with van der Waals surface area (Å²) in [5.74, 6) is 14.9. The summed E-state index contributed by atoms with van der Waals surface area (Å²) in [6.45, 7) is 4.37. The molecule has 0 nitrogen and oxygen atoms in total. The molecule has 33 heavy (non-hydrogen) atoms. The average Bonchev–Trinajstić information content (AvgIpc) is 2.88. The highest BCUT2D eigenvalue weighted by atomic mass is 14.2. The number of aryl methyl sites for hydroxylation is 2. The van der Waals surface area contributed by atoms with Gasteiger partial charge >= 0.3 is 0 Å². The average molecular weight is 431 g/mol. The topological polar surface area (TPSA) is 0 Å². The van der Waals surface area contributed by atoms with Crippen molar-refractivity contribution >= 4 is 0 Å². The molecule has 3 aromatic rings. The molecule has 4 rings (SSSR count). The van der Waals surface area contributed by atoms with Crippen molar-refractivity contribution in [3.05, 3.63) is 106 Å². The second-order valence-corrected chi connectivity index (χ2v) is 9.24. The summed E-state index contributed by atoms with van der Waals surface area (Å²) in [4.78, 5) is 0. The summed E-state index contributed by atoms with van der Waals surface area (Å²) in [6, 6.07) is 26.1. The van der Waals surface area contributed by atoms with Crippen LogP contribution in [0.15, 0.2) is 72.8 Å². The van der Waals surface area contributed by atoms with Gasteiger partial charge in [-0.2, -0.15) is 0 Å². The van der Waals surface area contributed by atoms with Gasteiger partial charge in [0.1, 0.15) is 0 Å². The minimum atomic E-state index is 0.552. The van der Waals surface area contributed by atoms with Gasteiger partial charge in [0.05, 0.1) is 0 Å². The molecule has 0 N–H and O–H groups in total. The van der Waals surface area contributed by atoms with Crippen molar-refractivity contribution in [3.63, 3.8) is 0 Å². The first-order chi connectivity index (χ1) is 16.2. The molecule has 1 fully saturated rings. The normalized spacial score (nSPS) is 17.4. The first-order valence-electron chi connectivity index (χ1n) is 12.5. The fraction of sp³-hybridized carbons (Fsp3) is 0.333. The summed E-state index contributed by atoms with van der Waals surface area (Å²) >= 11 is 0. The fourth-order valence-corrected chi connectivity index (χ4v) is 4.55. The second-order valence-electron chi connectivity index (χ2n) is 9.24. The Morgan fingerprint density at radius 1 is 0.545 bits per heavy atom. The molecule has 0 radical (unpaired) electrons. The van der Waals surface area contributed by atoms with Crippen LogP contribution in [0.25, 0.3) is 0 Å². The lowest BCUT2D eigenvalue weighted by molar-refractivity contribution is 0.315. The molecule has 0 aliphatic heterocycles. The molecule has 3 aromatic carbocycles. The SMILES string of the molecule is CCc1ccc(C#Cc2ccc(CC3CCC(C#Cc4ccc(CC)cc4)CC3)cc2)cc1. The molecule has 0 heterocycles. The first-order valence-corrected chi connectivity index (χ1v) is 12.5. The zero-order chi connectivity index (χ0) is 22.9. The van der Waals surface area contributed by atoms with Crippen LogP contribution in [-0.2, 0) is 19.3 Å². The Morgan fingerprint density at radius 3 is 1.42 bits per heavy atom. The Morgan fingerprint density at radius 2 is 0.970 bits per heavy atom. The minimum Gasteiger partial charge on any atom is -0.0945 e. The van der Waals surface area contributed by atoms with Gasteiger partial charge in [-0.1, -0.05) is 73.9 Å². The molecule has 1 saturated carbocycles. The van der Waals surface area contributed by atoms with Crippen molar-refractivity contribution in [1.29, 1.82) is 0 Å². The van der Waals surface area contributed by atoms with Gasteiger partial charge in [-0.05, 0) is 104 Å². The summed E-state index contributed by atoms with van der Waals surface area (Å²) < 4.78 is 0. The molecule has 1 aliphatic rings. The van der Waals surface area contributed by atoms with Crippen LogP contribution in [0, 0.1) is 35.5 Å². The lowest BCUT2D eigenvalue weighted by atomic mass is 9.79. The van der Waals surface area contributed by atoms with Crippen LogP contribution in [0.2, 0.25) is 0 Å². The second kappa shape index (κ2) is 11.6. The molecule has 1 aliphatic carbocycles. The van der Waals surface area contributed by atoms with E-state index in [9.17, 15) is 0 Å². The highest BCUT2D eigenvalue weighted by Crippen LogP contribution is 2.30. The van der Waals surface area contributed by atoms with Gasteiger partial charge in [0.25, 0.3) is 0 Å². The van der Waals surface area contributed by atoms with Crippen LogP contribution in [0.5, 0.6) is 0 Å². The summed E-state index contributed by atoms with van der Waals surface area (Å²) in [7, 11) is 0. The van der Waals surface area contributed by atoms with Crippen molar-refractivity contribution in [2.75, 3.05) is 0 Å². The Hall–Kier alpha value is -3.22. The zero-order valence-electron chi connectivity index (χ0n) is 20.0. The highest BCUT2D eigenvalue weighted by molar-refractivity contribution is 5.44. The van der Waals surface area contributed by atoms with Crippen LogP contribution in [0.3, 0.4) is 0 Å². The third-order valence-corrected chi connectivity index (χ3v) is 6.82. The quantitative estimate of drug-likeness (QED) is 0.374. The molecular formula is C33H34. The lowest BCUT2D eigenvalue weighted by Crippen LogP contribution is -2.15. The van der Waals surface area contributed by atoms with Crippen molar-refractivity contribution in [2.45, 2.75) is 58.8 Å². The monoisotopic (exact) mass is 430 g/mol. The van der Waals surface area contributed by atoms with E-state index in [4.69, 9.17) is 0 Å². The van der Waals surface area contributed by atoms with E-state index in [2.05, 4.69) is 110 Å². The zero-order valence-corrected chi connectivity index (χ0v) is 20.0. The van der Waals surface area contributed by atoms with Crippen molar-refractivity contribution in [3.8, 4) is 23.7 Å². The standard InChI is InChI=1S/C33H34/c1-3-26-5-9-28(10-6-26)13-15-30-17-21-32(22-18-30)25-33-23-19-31(20-24-33)16-14-29-11-7-27(4-2)8-12-29/h5-12,17-18,21-22,31,33H,3-4,19-20,23-25H2,1-2H3. The Kier molecular flexibility index (Phi) is 8.06. The highest BCUT2D eigenvalue weighted by Gasteiger charge is 2.20. The molecule has 166 valence electrons. The van der Waals surface area contributed by atoms with Crippen molar-refractivity contribution < 1.29 is 0 Å². The van der Waals surface area contributed by atoms with Gasteiger partial charge in [-0.25, -0.2) is 0 Å². The maximum atomic E-state index is 3.54. The molecule has 0 heteroatoms. The molecule has 0 saturated heterocycles. The van der Waals surface area contributed by atoms with Crippen LogP contribution in [-0.4, -0.2) is 0 Å².